The highest BCUT2D eigenvalue weighted by Crippen LogP contribution is 2.20. The highest BCUT2D eigenvalue weighted by Gasteiger charge is 2.28. The van der Waals surface area contributed by atoms with Gasteiger partial charge in [0.2, 0.25) is 15.9 Å². The average molecular weight is 494 g/mol. The monoisotopic (exact) mass is 493 g/mol. The molecule has 0 unspecified atom stereocenters. The number of hydrogen-bond acceptors (Lipinski definition) is 4. The minimum absolute atomic E-state index is 0.127. The molecule has 1 aliphatic rings. The summed E-state index contributed by atoms with van der Waals surface area (Å²) in [6.45, 7) is 6.16. The van der Waals surface area contributed by atoms with Crippen LogP contribution in [0.5, 0.6) is 0 Å². The fourth-order valence-electron chi connectivity index (χ4n) is 3.44. The van der Waals surface area contributed by atoms with E-state index in [1.807, 2.05) is 26.0 Å². The Morgan fingerprint density at radius 1 is 1.03 bits per heavy atom. The molecule has 0 saturated carbocycles. The van der Waals surface area contributed by atoms with Crippen molar-refractivity contribution >= 4 is 37.5 Å². The maximum atomic E-state index is 12.7. The lowest BCUT2D eigenvalue weighted by Gasteiger charge is -2.22. The van der Waals surface area contributed by atoms with Crippen LogP contribution in [0.1, 0.15) is 32.3 Å². The van der Waals surface area contributed by atoms with E-state index in [1.165, 1.54) is 30.7 Å². The number of rotatable bonds is 8. The van der Waals surface area contributed by atoms with Crippen molar-refractivity contribution in [3.63, 3.8) is 0 Å². The van der Waals surface area contributed by atoms with Gasteiger partial charge >= 0.3 is 0 Å². The number of carbonyl (C=O) groups is 1. The normalized spacial score (nSPS) is 15.4. The van der Waals surface area contributed by atoms with Gasteiger partial charge in [-0.15, -0.1) is 0 Å². The molecule has 1 aliphatic heterocycles. The van der Waals surface area contributed by atoms with E-state index >= 15 is 0 Å². The Bertz CT molecular complexity index is 954. The SMILES string of the molecule is CC(C)[C@H](NS(=O)(=O)c1ccc(Br)cc1)C(=O)NCc1ccc(N2CCCC2)cc1. The van der Waals surface area contributed by atoms with Gasteiger partial charge in [-0.3, -0.25) is 4.79 Å². The zero-order valence-electron chi connectivity index (χ0n) is 17.3. The standard InChI is InChI=1S/C22H28BrN3O3S/c1-16(2)21(25-30(28,29)20-11-7-18(23)8-12-20)22(27)24-15-17-5-9-19(10-6-17)26-13-3-4-14-26/h5-12,16,21,25H,3-4,13-15H2,1-2H3,(H,24,27)/t21-/m0/s1. The zero-order chi connectivity index (χ0) is 21.7. The molecule has 3 rings (SSSR count). The van der Waals surface area contributed by atoms with Gasteiger partial charge in [0.25, 0.3) is 0 Å². The van der Waals surface area contributed by atoms with Crippen molar-refractivity contribution in [2.45, 2.75) is 44.2 Å². The molecule has 2 aromatic carbocycles. The minimum Gasteiger partial charge on any atom is -0.372 e. The molecule has 30 heavy (non-hydrogen) atoms. The summed E-state index contributed by atoms with van der Waals surface area (Å²) in [6, 6.07) is 13.6. The topological polar surface area (TPSA) is 78.5 Å². The third-order valence-corrected chi connectivity index (χ3v) is 7.22. The van der Waals surface area contributed by atoms with Gasteiger partial charge in [0.15, 0.2) is 0 Å². The molecule has 0 aliphatic carbocycles. The fraction of sp³-hybridized carbons (Fsp3) is 0.409. The molecule has 1 heterocycles. The molecule has 0 aromatic heterocycles. The van der Waals surface area contributed by atoms with Gasteiger partial charge in [0.1, 0.15) is 6.04 Å². The van der Waals surface area contributed by atoms with Crippen molar-refractivity contribution in [2.75, 3.05) is 18.0 Å². The highest BCUT2D eigenvalue weighted by molar-refractivity contribution is 9.10. The van der Waals surface area contributed by atoms with Crippen LogP contribution in [0.4, 0.5) is 5.69 Å². The van der Waals surface area contributed by atoms with Crippen LogP contribution in [0.3, 0.4) is 0 Å². The van der Waals surface area contributed by atoms with Crippen LogP contribution in [0.25, 0.3) is 0 Å². The highest BCUT2D eigenvalue weighted by atomic mass is 79.9. The van der Waals surface area contributed by atoms with Crippen LogP contribution in [0.15, 0.2) is 57.9 Å². The van der Waals surface area contributed by atoms with Crippen molar-refractivity contribution < 1.29 is 13.2 Å². The first-order valence-corrected chi connectivity index (χ1v) is 12.4. The number of hydrogen-bond donors (Lipinski definition) is 2. The second-order valence-corrected chi connectivity index (χ2v) is 10.5. The molecule has 8 heteroatoms. The van der Waals surface area contributed by atoms with Gasteiger partial charge < -0.3 is 10.2 Å². The van der Waals surface area contributed by atoms with Crippen molar-refractivity contribution in [3.8, 4) is 0 Å². The second kappa shape index (κ2) is 9.94. The lowest BCUT2D eigenvalue weighted by atomic mass is 10.0. The molecule has 2 N–H and O–H groups in total. The number of nitrogens with one attached hydrogen (secondary N) is 2. The van der Waals surface area contributed by atoms with Crippen molar-refractivity contribution in [1.29, 1.82) is 0 Å². The molecule has 1 saturated heterocycles. The number of amides is 1. The number of nitrogens with zero attached hydrogens (tertiary/aromatic N) is 1. The summed E-state index contributed by atoms with van der Waals surface area (Å²) in [6.07, 6.45) is 2.45. The molecule has 6 nitrogen and oxygen atoms in total. The summed E-state index contributed by atoms with van der Waals surface area (Å²) in [5.41, 5.74) is 2.18. The van der Waals surface area contributed by atoms with Crippen LogP contribution in [-0.4, -0.2) is 33.5 Å². The Kier molecular flexibility index (Phi) is 7.55. The Labute approximate surface area is 187 Å². The molecule has 0 spiro atoms. The number of carbonyl (C=O) groups excluding carboxylic acids is 1. The second-order valence-electron chi connectivity index (χ2n) is 7.88. The predicted molar refractivity (Wildman–Crippen MR) is 123 cm³/mol. The van der Waals surface area contributed by atoms with Crippen LogP contribution in [-0.2, 0) is 21.4 Å². The molecule has 1 amide bonds. The van der Waals surface area contributed by atoms with E-state index in [1.54, 1.807) is 12.1 Å². The van der Waals surface area contributed by atoms with E-state index in [0.29, 0.717) is 6.54 Å². The van der Waals surface area contributed by atoms with Gasteiger partial charge in [0, 0.05) is 29.8 Å². The summed E-state index contributed by atoms with van der Waals surface area (Å²) in [7, 11) is -3.80. The molecule has 1 atom stereocenters. The van der Waals surface area contributed by atoms with Gasteiger partial charge in [-0.1, -0.05) is 41.9 Å². The van der Waals surface area contributed by atoms with E-state index in [9.17, 15) is 13.2 Å². The smallest absolute Gasteiger partial charge is 0.241 e. The van der Waals surface area contributed by atoms with Crippen LogP contribution < -0.4 is 14.9 Å². The number of benzene rings is 2. The van der Waals surface area contributed by atoms with E-state index in [-0.39, 0.29) is 16.7 Å². The molecule has 0 radical (unpaired) electrons. The molecule has 1 fully saturated rings. The van der Waals surface area contributed by atoms with Gasteiger partial charge in [-0.2, -0.15) is 4.72 Å². The van der Waals surface area contributed by atoms with Crippen LogP contribution in [0, 0.1) is 5.92 Å². The van der Waals surface area contributed by atoms with Crippen LogP contribution in [0.2, 0.25) is 0 Å². The van der Waals surface area contributed by atoms with Gasteiger partial charge in [-0.05, 0) is 60.7 Å². The Balaban J connectivity index is 1.62. The Morgan fingerprint density at radius 2 is 1.63 bits per heavy atom. The largest absolute Gasteiger partial charge is 0.372 e. The Hall–Kier alpha value is -1.90. The zero-order valence-corrected chi connectivity index (χ0v) is 19.7. The summed E-state index contributed by atoms with van der Waals surface area (Å²) >= 11 is 3.29. The molecule has 0 bridgehead atoms. The van der Waals surface area contributed by atoms with Gasteiger partial charge in [0.05, 0.1) is 4.90 Å². The van der Waals surface area contributed by atoms with Gasteiger partial charge in [-0.25, -0.2) is 8.42 Å². The molecule has 162 valence electrons. The lowest BCUT2D eigenvalue weighted by Crippen LogP contribution is -2.49. The minimum atomic E-state index is -3.80. The first-order chi connectivity index (χ1) is 14.3. The summed E-state index contributed by atoms with van der Waals surface area (Å²) < 4.78 is 28.7. The number of sulfonamides is 1. The van der Waals surface area contributed by atoms with E-state index in [0.717, 1.165) is 23.1 Å². The first kappa shape index (κ1) is 22.8. The summed E-state index contributed by atoms with van der Waals surface area (Å²) in [4.78, 5) is 15.2. The summed E-state index contributed by atoms with van der Waals surface area (Å²) in [5.74, 6) is -0.540. The van der Waals surface area contributed by atoms with Crippen molar-refractivity contribution in [1.82, 2.24) is 10.0 Å². The Morgan fingerprint density at radius 3 is 2.20 bits per heavy atom. The molecular weight excluding hydrogens is 466 g/mol. The fourth-order valence-corrected chi connectivity index (χ4v) is 5.05. The number of anilines is 1. The van der Waals surface area contributed by atoms with E-state index < -0.39 is 16.1 Å². The van der Waals surface area contributed by atoms with E-state index in [4.69, 9.17) is 0 Å². The lowest BCUT2D eigenvalue weighted by molar-refractivity contribution is -0.123. The average Bonchev–Trinajstić information content (AvgIpc) is 3.26. The predicted octanol–water partition coefficient (Wildman–Crippen LogP) is 3.67. The third kappa shape index (κ3) is 5.83. The quantitative estimate of drug-likeness (QED) is 0.587. The van der Waals surface area contributed by atoms with E-state index in [2.05, 4.69) is 43.0 Å². The van der Waals surface area contributed by atoms with Crippen molar-refractivity contribution in [2.24, 2.45) is 5.92 Å². The molecule has 2 aromatic rings. The molecular formula is C22H28BrN3O3S. The summed E-state index contributed by atoms with van der Waals surface area (Å²) in [5, 5.41) is 2.87. The maximum Gasteiger partial charge on any atom is 0.241 e. The van der Waals surface area contributed by atoms with Crippen molar-refractivity contribution in [3.05, 3.63) is 58.6 Å². The first-order valence-electron chi connectivity index (χ1n) is 10.2. The maximum absolute atomic E-state index is 12.7. The van der Waals surface area contributed by atoms with Crippen LogP contribution >= 0.6 is 15.9 Å². The third-order valence-electron chi connectivity index (χ3n) is 5.23. The number of halogens is 1.